The van der Waals surface area contributed by atoms with E-state index in [0.29, 0.717) is 48.2 Å². The van der Waals surface area contributed by atoms with E-state index < -0.39 is 0 Å². The van der Waals surface area contributed by atoms with E-state index in [1.54, 1.807) is 46.2 Å². The lowest BCUT2D eigenvalue weighted by Crippen LogP contribution is -2.50. The normalized spacial score (nSPS) is 14.3. The third-order valence-corrected chi connectivity index (χ3v) is 4.39. The number of rotatable bonds is 3. The van der Waals surface area contributed by atoms with Crippen LogP contribution in [0.15, 0.2) is 42.6 Å². The first-order valence-electron chi connectivity index (χ1n) is 7.92. The van der Waals surface area contributed by atoms with Gasteiger partial charge in [-0.2, -0.15) is 0 Å². The van der Waals surface area contributed by atoms with Crippen molar-refractivity contribution in [3.63, 3.8) is 0 Å². The molecule has 2 aromatic rings. The van der Waals surface area contributed by atoms with Gasteiger partial charge in [-0.05, 0) is 30.3 Å². The molecule has 7 heteroatoms. The fourth-order valence-corrected chi connectivity index (χ4v) is 2.82. The van der Waals surface area contributed by atoms with E-state index in [0.717, 1.165) is 0 Å². The average molecular weight is 360 g/mol. The van der Waals surface area contributed by atoms with E-state index in [2.05, 4.69) is 4.98 Å². The smallest absolute Gasteiger partial charge is 0.255 e. The van der Waals surface area contributed by atoms with Crippen LogP contribution < -0.4 is 4.74 Å². The molecule has 3 rings (SSSR count). The van der Waals surface area contributed by atoms with Crippen molar-refractivity contribution in [3.05, 3.63) is 58.7 Å². The zero-order valence-electron chi connectivity index (χ0n) is 13.8. The van der Waals surface area contributed by atoms with Crippen LogP contribution in [0.25, 0.3) is 0 Å². The number of pyridine rings is 1. The molecule has 1 aromatic heterocycles. The maximum Gasteiger partial charge on any atom is 0.255 e. The van der Waals surface area contributed by atoms with E-state index >= 15 is 0 Å². The number of halogens is 1. The molecule has 0 N–H and O–H groups in total. The molecule has 2 amide bonds. The molecule has 0 radical (unpaired) electrons. The van der Waals surface area contributed by atoms with Crippen molar-refractivity contribution in [2.24, 2.45) is 0 Å². The van der Waals surface area contributed by atoms with E-state index in [4.69, 9.17) is 16.3 Å². The van der Waals surface area contributed by atoms with Crippen LogP contribution in [-0.2, 0) is 0 Å². The number of benzene rings is 1. The molecule has 1 fully saturated rings. The van der Waals surface area contributed by atoms with Gasteiger partial charge in [-0.25, -0.2) is 4.98 Å². The van der Waals surface area contributed by atoms with Gasteiger partial charge >= 0.3 is 0 Å². The molecule has 0 saturated carbocycles. The number of hydrogen-bond acceptors (Lipinski definition) is 4. The quantitative estimate of drug-likeness (QED) is 0.843. The van der Waals surface area contributed by atoms with Crippen molar-refractivity contribution < 1.29 is 14.3 Å². The van der Waals surface area contributed by atoms with E-state index in [1.165, 1.54) is 13.3 Å². The van der Waals surface area contributed by atoms with E-state index in [9.17, 15) is 9.59 Å². The van der Waals surface area contributed by atoms with Crippen LogP contribution >= 0.6 is 11.6 Å². The Morgan fingerprint density at radius 3 is 1.92 bits per heavy atom. The van der Waals surface area contributed by atoms with Gasteiger partial charge in [-0.1, -0.05) is 11.6 Å². The summed E-state index contributed by atoms with van der Waals surface area (Å²) in [6.45, 7) is 1.97. The average Bonchev–Trinajstić information content (AvgIpc) is 2.67. The molecule has 0 unspecified atom stereocenters. The number of nitrogens with zero attached hydrogens (tertiary/aromatic N) is 3. The van der Waals surface area contributed by atoms with Gasteiger partial charge in [-0.15, -0.1) is 0 Å². The highest BCUT2D eigenvalue weighted by Gasteiger charge is 2.25. The number of amides is 2. The minimum Gasteiger partial charge on any atom is -0.481 e. The Morgan fingerprint density at radius 1 is 0.920 bits per heavy atom. The zero-order valence-corrected chi connectivity index (χ0v) is 14.6. The van der Waals surface area contributed by atoms with Crippen molar-refractivity contribution in [1.29, 1.82) is 0 Å². The number of hydrogen-bond donors (Lipinski definition) is 0. The van der Waals surface area contributed by atoms with Gasteiger partial charge in [0.1, 0.15) is 0 Å². The maximum atomic E-state index is 12.5. The second kappa shape index (κ2) is 7.53. The van der Waals surface area contributed by atoms with Crippen molar-refractivity contribution in [2.45, 2.75) is 0 Å². The van der Waals surface area contributed by atoms with Crippen LogP contribution in [0.1, 0.15) is 20.7 Å². The molecular formula is C18H18ClN3O3. The maximum absolute atomic E-state index is 12.5. The number of ether oxygens (including phenoxy) is 1. The van der Waals surface area contributed by atoms with Gasteiger partial charge in [0.2, 0.25) is 5.88 Å². The molecule has 25 heavy (non-hydrogen) atoms. The topological polar surface area (TPSA) is 62.7 Å². The lowest BCUT2D eigenvalue weighted by Gasteiger charge is -2.34. The first kappa shape index (κ1) is 17.2. The summed E-state index contributed by atoms with van der Waals surface area (Å²) < 4.78 is 5.00. The fraction of sp³-hybridized carbons (Fsp3) is 0.278. The molecule has 6 nitrogen and oxygen atoms in total. The Balaban J connectivity index is 1.60. The van der Waals surface area contributed by atoms with Gasteiger partial charge in [0, 0.05) is 49.0 Å². The van der Waals surface area contributed by atoms with E-state index in [1.807, 2.05) is 0 Å². The molecule has 1 saturated heterocycles. The van der Waals surface area contributed by atoms with Crippen LogP contribution in [0, 0.1) is 0 Å². The van der Waals surface area contributed by atoms with Gasteiger partial charge in [0.05, 0.1) is 12.7 Å². The Morgan fingerprint density at radius 2 is 1.44 bits per heavy atom. The van der Waals surface area contributed by atoms with Crippen LogP contribution in [0.5, 0.6) is 5.88 Å². The number of carbonyl (C=O) groups is 2. The SMILES string of the molecule is COc1ccc(C(=O)N2CCN(C(=O)c3ccc(Cl)cc3)CC2)cn1. The third kappa shape index (κ3) is 3.91. The van der Waals surface area contributed by atoms with Crippen LogP contribution in [0.4, 0.5) is 0 Å². The summed E-state index contributed by atoms with van der Waals surface area (Å²) in [5.74, 6) is 0.332. The monoisotopic (exact) mass is 359 g/mol. The lowest BCUT2D eigenvalue weighted by atomic mass is 10.1. The third-order valence-electron chi connectivity index (χ3n) is 4.14. The molecule has 1 aliphatic rings. The highest BCUT2D eigenvalue weighted by Crippen LogP contribution is 2.15. The van der Waals surface area contributed by atoms with Crippen LogP contribution in [0.3, 0.4) is 0 Å². The molecule has 0 aliphatic carbocycles. The molecule has 0 atom stereocenters. The second-order valence-corrected chi connectivity index (χ2v) is 6.12. The Bertz CT molecular complexity index is 754. The van der Waals surface area contributed by atoms with E-state index in [-0.39, 0.29) is 11.8 Å². The summed E-state index contributed by atoms with van der Waals surface area (Å²) in [4.78, 5) is 32.5. The number of piperazine rings is 1. The van der Waals surface area contributed by atoms with Gasteiger partial charge in [0.25, 0.3) is 11.8 Å². The van der Waals surface area contributed by atoms with Crippen molar-refractivity contribution in [3.8, 4) is 5.88 Å². The molecule has 1 aromatic carbocycles. The van der Waals surface area contributed by atoms with Crippen LogP contribution in [-0.4, -0.2) is 59.9 Å². The molecule has 0 bridgehead atoms. The molecule has 0 spiro atoms. The standard InChI is InChI=1S/C18H18ClN3O3/c1-25-16-7-4-14(12-20-16)18(24)22-10-8-21(9-11-22)17(23)13-2-5-15(19)6-3-13/h2-7,12H,8-11H2,1H3. The number of carbonyl (C=O) groups excluding carboxylic acids is 2. The highest BCUT2D eigenvalue weighted by atomic mass is 35.5. The molecular weight excluding hydrogens is 342 g/mol. The predicted molar refractivity (Wildman–Crippen MR) is 94.0 cm³/mol. The summed E-state index contributed by atoms with van der Waals surface area (Å²) in [5.41, 5.74) is 1.11. The highest BCUT2D eigenvalue weighted by molar-refractivity contribution is 6.30. The van der Waals surface area contributed by atoms with Gasteiger partial charge in [0.15, 0.2) is 0 Å². The minimum absolute atomic E-state index is 0.0464. The Labute approximate surface area is 151 Å². The van der Waals surface area contributed by atoms with Gasteiger partial charge in [-0.3, -0.25) is 9.59 Å². The minimum atomic E-state index is -0.0891. The summed E-state index contributed by atoms with van der Waals surface area (Å²) >= 11 is 5.85. The summed E-state index contributed by atoms with van der Waals surface area (Å²) in [6, 6.07) is 10.2. The predicted octanol–water partition coefficient (Wildman–Crippen LogP) is 2.34. The largest absolute Gasteiger partial charge is 0.481 e. The number of aromatic nitrogens is 1. The summed E-state index contributed by atoms with van der Waals surface area (Å²) in [5, 5.41) is 0.597. The zero-order chi connectivity index (χ0) is 17.8. The first-order chi connectivity index (χ1) is 12.1. The molecule has 1 aliphatic heterocycles. The number of methoxy groups -OCH3 is 1. The van der Waals surface area contributed by atoms with Crippen molar-refractivity contribution in [1.82, 2.24) is 14.8 Å². The van der Waals surface area contributed by atoms with Crippen molar-refractivity contribution in [2.75, 3.05) is 33.3 Å². The molecule has 130 valence electrons. The summed E-state index contributed by atoms with van der Waals surface area (Å²) in [7, 11) is 1.53. The fourth-order valence-electron chi connectivity index (χ4n) is 2.70. The Kier molecular flexibility index (Phi) is 5.19. The van der Waals surface area contributed by atoms with Crippen molar-refractivity contribution >= 4 is 23.4 Å². The van der Waals surface area contributed by atoms with Gasteiger partial charge < -0.3 is 14.5 Å². The lowest BCUT2D eigenvalue weighted by molar-refractivity contribution is 0.0535. The first-order valence-corrected chi connectivity index (χ1v) is 8.30. The summed E-state index contributed by atoms with van der Waals surface area (Å²) in [6.07, 6.45) is 1.51. The Hall–Kier alpha value is -2.60. The second-order valence-electron chi connectivity index (χ2n) is 5.68. The van der Waals surface area contributed by atoms with Crippen LogP contribution in [0.2, 0.25) is 5.02 Å². The molecule has 2 heterocycles.